The zero-order chi connectivity index (χ0) is 12.7. The zero-order valence-electron chi connectivity index (χ0n) is 10.5. The molecule has 16 heavy (non-hydrogen) atoms. The van der Waals surface area contributed by atoms with E-state index in [4.69, 9.17) is 5.11 Å². The Labute approximate surface area is 96.8 Å². The molecule has 5 heteroatoms. The van der Waals surface area contributed by atoms with E-state index in [0.29, 0.717) is 18.6 Å². The molecule has 0 aliphatic carbocycles. The van der Waals surface area contributed by atoms with Crippen LogP contribution in [0.1, 0.15) is 34.1 Å². The van der Waals surface area contributed by atoms with Crippen LogP contribution in [0.2, 0.25) is 0 Å². The van der Waals surface area contributed by atoms with Crippen molar-refractivity contribution in [1.29, 1.82) is 0 Å². The van der Waals surface area contributed by atoms with Crippen molar-refractivity contribution in [3.8, 4) is 0 Å². The smallest absolute Gasteiger partial charge is 0.312 e. The highest BCUT2D eigenvalue weighted by molar-refractivity contribution is 5.93. The van der Waals surface area contributed by atoms with Gasteiger partial charge in [-0.3, -0.25) is 14.5 Å². The van der Waals surface area contributed by atoms with Gasteiger partial charge in [-0.1, -0.05) is 0 Å². The molecule has 0 saturated heterocycles. The summed E-state index contributed by atoms with van der Waals surface area (Å²) in [5, 5.41) is 11.0. The lowest BCUT2D eigenvalue weighted by Gasteiger charge is -2.30. The molecule has 0 aromatic rings. The molecule has 0 unspecified atom stereocenters. The summed E-state index contributed by atoms with van der Waals surface area (Å²) < 4.78 is 0. The Kier molecular flexibility index (Phi) is 6.72. The molecule has 0 saturated carbocycles. The maximum atomic E-state index is 11.1. The van der Waals surface area contributed by atoms with E-state index >= 15 is 0 Å². The number of carbonyl (C=O) groups excluding carboxylic acids is 1. The first-order chi connectivity index (χ1) is 7.34. The summed E-state index contributed by atoms with van der Waals surface area (Å²) in [6.45, 7) is 9.61. The third kappa shape index (κ3) is 6.40. The van der Waals surface area contributed by atoms with Crippen molar-refractivity contribution in [2.45, 2.75) is 46.2 Å². The number of hydrogen-bond acceptors (Lipinski definition) is 3. The summed E-state index contributed by atoms with van der Waals surface area (Å²) in [5.74, 6) is -1.53. The summed E-state index contributed by atoms with van der Waals surface area (Å²) in [6, 6.07) is 0.827. The summed E-state index contributed by atoms with van der Waals surface area (Å²) >= 11 is 0. The molecule has 0 radical (unpaired) electrons. The topological polar surface area (TPSA) is 69.6 Å². The number of rotatable bonds is 7. The van der Waals surface area contributed by atoms with Crippen molar-refractivity contribution < 1.29 is 14.7 Å². The molecule has 0 rings (SSSR count). The molecule has 0 aromatic carbocycles. The van der Waals surface area contributed by atoms with E-state index < -0.39 is 18.3 Å². The van der Waals surface area contributed by atoms with Crippen molar-refractivity contribution in [1.82, 2.24) is 10.2 Å². The van der Waals surface area contributed by atoms with E-state index in [0.717, 1.165) is 6.54 Å². The molecule has 0 atom stereocenters. The van der Waals surface area contributed by atoms with Gasteiger partial charge < -0.3 is 10.4 Å². The first-order valence-corrected chi connectivity index (χ1v) is 5.58. The molecular formula is C11H22N2O3. The van der Waals surface area contributed by atoms with Crippen molar-refractivity contribution in [3.63, 3.8) is 0 Å². The van der Waals surface area contributed by atoms with Gasteiger partial charge in [0.15, 0.2) is 0 Å². The Morgan fingerprint density at radius 2 is 1.69 bits per heavy atom. The fourth-order valence-corrected chi connectivity index (χ4v) is 1.64. The van der Waals surface area contributed by atoms with Crippen molar-refractivity contribution in [2.24, 2.45) is 0 Å². The molecule has 0 aromatic heterocycles. The van der Waals surface area contributed by atoms with Crippen LogP contribution in [0.3, 0.4) is 0 Å². The molecule has 0 aliphatic heterocycles. The minimum Gasteiger partial charge on any atom is -0.481 e. The van der Waals surface area contributed by atoms with Crippen LogP contribution in [0.4, 0.5) is 0 Å². The SMILES string of the molecule is CC(C)N(CCNC(=O)CC(=O)O)C(C)C. The van der Waals surface area contributed by atoms with E-state index in [1.54, 1.807) is 0 Å². The Balaban J connectivity index is 3.86. The number of aliphatic carboxylic acids is 1. The molecule has 1 amide bonds. The maximum Gasteiger partial charge on any atom is 0.312 e. The minimum absolute atomic E-state index is 0.413. The summed E-state index contributed by atoms with van der Waals surface area (Å²) in [5.41, 5.74) is 0. The number of amides is 1. The predicted octanol–water partition coefficient (Wildman–Crippen LogP) is 0.696. The van der Waals surface area contributed by atoms with Crippen LogP contribution in [0.5, 0.6) is 0 Å². The fourth-order valence-electron chi connectivity index (χ4n) is 1.64. The van der Waals surface area contributed by atoms with Crippen molar-refractivity contribution in [3.05, 3.63) is 0 Å². The fraction of sp³-hybridized carbons (Fsp3) is 0.818. The van der Waals surface area contributed by atoms with Crippen LogP contribution >= 0.6 is 0 Å². The molecule has 0 fully saturated rings. The number of carbonyl (C=O) groups is 2. The van der Waals surface area contributed by atoms with Crippen LogP contribution in [0.15, 0.2) is 0 Å². The summed E-state index contributed by atoms with van der Waals surface area (Å²) in [4.78, 5) is 23.6. The number of nitrogens with one attached hydrogen (secondary N) is 1. The van der Waals surface area contributed by atoms with Gasteiger partial charge in [0.25, 0.3) is 0 Å². The second-order valence-corrected chi connectivity index (χ2v) is 4.35. The van der Waals surface area contributed by atoms with Gasteiger partial charge in [-0.2, -0.15) is 0 Å². The van der Waals surface area contributed by atoms with Crippen LogP contribution in [0, 0.1) is 0 Å². The van der Waals surface area contributed by atoms with E-state index in [1.165, 1.54) is 0 Å². The number of carboxylic acid groups (broad SMARTS) is 1. The van der Waals surface area contributed by atoms with E-state index in [9.17, 15) is 9.59 Å². The third-order valence-electron chi connectivity index (χ3n) is 2.33. The number of nitrogens with zero attached hydrogens (tertiary/aromatic N) is 1. The Morgan fingerprint density at radius 1 is 1.19 bits per heavy atom. The van der Waals surface area contributed by atoms with Gasteiger partial charge in [0.1, 0.15) is 6.42 Å². The first kappa shape index (κ1) is 14.9. The minimum atomic E-state index is -1.10. The quantitative estimate of drug-likeness (QED) is 0.632. The first-order valence-electron chi connectivity index (χ1n) is 5.58. The average Bonchev–Trinajstić information content (AvgIpc) is 2.09. The molecule has 0 bridgehead atoms. The summed E-state index contributed by atoms with van der Waals surface area (Å²) in [6.07, 6.45) is -0.455. The molecule has 5 nitrogen and oxygen atoms in total. The van der Waals surface area contributed by atoms with Gasteiger partial charge >= 0.3 is 5.97 Å². The van der Waals surface area contributed by atoms with Crippen LogP contribution < -0.4 is 5.32 Å². The molecule has 2 N–H and O–H groups in total. The zero-order valence-corrected chi connectivity index (χ0v) is 10.5. The third-order valence-corrected chi connectivity index (χ3v) is 2.33. The van der Waals surface area contributed by atoms with Crippen LogP contribution in [-0.2, 0) is 9.59 Å². The lowest BCUT2D eigenvalue weighted by atomic mass is 10.2. The van der Waals surface area contributed by atoms with Crippen LogP contribution in [-0.4, -0.2) is 47.1 Å². The largest absolute Gasteiger partial charge is 0.481 e. The van der Waals surface area contributed by atoms with E-state index in [-0.39, 0.29) is 0 Å². The predicted molar refractivity (Wildman–Crippen MR) is 62.2 cm³/mol. The lowest BCUT2D eigenvalue weighted by Crippen LogP contribution is -2.42. The highest BCUT2D eigenvalue weighted by atomic mass is 16.4. The van der Waals surface area contributed by atoms with Gasteiger partial charge in [-0.25, -0.2) is 0 Å². The second-order valence-electron chi connectivity index (χ2n) is 4.35. The van der Waals surface area contributed by atoms with Crippen molar-refractivity contribution >= 4 is 11.9 Å². The van der Waals surface area contributed by atoms with E-state index in [1.807, 2.05) is 0 Å². The lowest BCUT2D eigenvalue weighted by molar-refractivity contribution is -0.140. The second kappa shape index (κ2) is 7.22. The molecule has 0 heterocycles. The van der Waals surface area contributed by atoms with Crippen molar-refractivity contribution in [2.75, 3.05) is 13.1 Å². The molecule has 94 valence electrons. The molecule has 0 spiro atoms. The standard InChI is InChI=1S/C11H22N2O3/c1-8(2)13(9(3)4)6-5-12-10(14)7-11(15)16/h8-9H,5-7H2,1-4H3,(H,12,14)(H,15,16). The molecule has 0 aliphatic rings. The van der Waals surface area contributed by atoms with Crippen LogP contribution in [0.25, 0.3) is 0 Å². The highest BCUT2D eigenvalue weighted by Crippen LogP contribution is 2.03. The van der Waals surface area contributed by atoms with Gasteiger partial charge in [0, 0.05) is 25.2 Å². The molecular weight excluding hydrogens is 208 g/mol. The Hall–Kier alpha value is -1.10. The van der Waals surface area contributed by atoms with Gasteiger partial charge in [0.2, 0.25) is 5.91 Å². The van der Waals surface area contributed by atoms with Gasteiger partial charge in [-0.05, 0) is 27.7 Å². The maximum absolute atomic E-state index is 11.1. The average molecular weight is 230 g/mol. The summed E-state index contributed by atoms with van der Waals surface area (Å²) in [7, 11) is 0. The number of hydrogen-bond donors (Lipinski definition) is 2. The Bertz CT molecular complexity index is 231. The highest BCUT2D eigenvalue weighted by Gasteiger charge is 2.13. The normalized spacial score (nSPS) is 11.2. The van der Waals surface area contributed by atoms with Gasteiger partial charge in [-0.15, -0.1) is 0 Å². The monoisotopic (exact) mass is 230 g/mol. The number of carboxylic acids is 1. The van der Waals surface area contributed by atoms with Gasteiger partial charge in [0.05, 0.1) is 0 Å². The Morgan fingerprint density at radius 3 is 2.06 bits per heavy atom. The van der Waals surface area contributed by atoms with E-state index in [2.05, 4.69) is 37.9 Å².